The molecule has 4 rings (SSSR count). The van der Waals surface area contributed by atoms with E-state index in [1.54, 1.807) is 58.2 Å². The molecule has 3 N–H and O–H groups in total. The molecule has 0 bridgehead atoms. The number of Topliss-reactive ketones (excluding diaryl/α,β-unsaturated/α-hetero) is 1. The van der Waals surface area contributed by atoms with Gasteiger partial charge in [0, 0.05) is 61.6 Å². The molecule has 1 heterocycles. The molecule has 0 spiro atoms. The fourth-order valence-corrected chi connectivity index (χ4v) is 6.85. The highest BCUT2D eigenvalue weighted by Gasteiger charge is 2.32. The first-order chi connectivity index (χ1) is 21.2. The van der Waals surface area contributed by atoms with Crippen LogP contribution >= 0.6 is 0 Å². The summed E-state index contributed by atoms with van der Waals surface area (Å²) in [7, 11) is -8.37. The molecule has 1 amide bonds. The zero-order chi connectivity index (χ0) is 33.1. The molecule has 1 aliphatic heterocycles. The lowest BCUT2D eigenvalue weighted by atomic mass is 9.90. The molecule has 0 aromatic heterocycles. The van der Waals surface area contributed by atoms with Crippen molar-refractivity contribution >= 4 is 48.6 Å². The molecule has 0 atom stereocenters. The third-order valence-electron chi connectivity index (χ3n) is 7.27. The van der Waals surface area contributed by atoms with Gasteiger partial charge >= 0.3 is 0 Å². The van der Waals surface area contributed by atoms with Gasteiger partial charge in [-0.2, -0.15) is 16.8 Å². The number of nitrogens with one attached hydrogen (secondary N) is 1. The molecule has 1 aliphatic carbocycles. The number of fused-ring (bicyclic) bond motifs is 2. The van der Waals surface area contributed by atoms with Crippen molar-refractivity contribution in [2.75, 3.05) is 32.0 Å². The number of amides is 1. The molecule has 240 valence electrons. The van der Waals surface area contributed by atoms with Crippen molar-refractivity contribution in [3.63, 3.8) is 0 Å². The van der Waals surface area contributed by atoms with Crippen LogP contribution in [0.2, 0.25) is 0 Å². The van der Waals surface area contributed by atoms with Gasteiger partial charge in [0.25, 0.3) is 26.1 Å². The molecular formula is C31H35N3O9S2. The maximum absolute atomic E-state index is 13.8. The van der Waals surface area contributed by atoms with Crippen LogP contribution in [-0.4, -0.2) is 69.2 Å². The van der Waals surface area contributed by atoms with Crippen LogP contribution in [0.5, 0.6) is 0 Å². The molecule has 14 heteroatoms. The summed E-state index contributed by atoms with van der Waals surface area (Å²) in [6, 6.07) is 12.4. The standard InChI is InChI=1S/C31H35N3O9S2/c1-5-19(35)11-10-18-34(4)31(36)21-13-9-8-12-20(21)26-22-14-16-24(32-6-2)29(44(37,38)39)27(22)43-28-23(26)15-17-25(33-7-3)30(28)45(40,41)42/h8-9,12-17,32H,5-7,10-11,18H2,1-4H3,(H,37,38,39)(H,40,41,42)/b33-25+. The molecule has 0 fully saturated rings. The fourth-order valence-electron chi connectivity index (χ4n) is 5.26. The fraction of sp³-hybridized carbons (Fsp3) is 0.323. The summed E-state index contributed by atoms with van der Waals surface area (Å²) < 4.78 is 77.9. The first-order valence-electron chi connectivity index (χ1n) is 14.4. The number of carbonyl (C=O) groups is 2. The summed E-state index contributed by atoms with van der Waals surface area (Å²) in [6.07, 6.45) is 1.18. The smallest absolute Gasteiger partial charge is 0.300 e. The Kier molecular flexibility index (Phi) is 10.1. The average molecular weight is 658 g/mol. The highest BCUT2D eigenvalue weighted by Crippen LogP contribution is 2.46. The predicted molar refractivity (Wildman–Crippen MR) is 170 cm³/mol. The van der Waals surface area contributed by atoms with Gasteiger partial charge < -0.3 is 14.6 Å². The minimum absolute atomic E-state index is 0.00456. The minimum Gasteiger partial charge on any atom is -0.453 e. The zero-order valence-electron chi connectivity index (χ0n) is 25.3. The predicted octanol–water partition coefficient (Wildman–Crippen LogP) is 4.88. The summed E-state index contributed by atoms with van der Waals surface area (Å²) in [5.41, 5.74) is 0.477. The number of hydrogen-bond acceptors (Lipinski definition) is 9. The Morgan fingerprint density at radius 1 is 0.911 bits per heavy atom. The van der Waals surface area contributed by atoms with E-state index in [2.05, 4.69) is 10.3 Å². The third kappa shape index (κ3) is 6.93. The molecule has 12 nitrogen and oxygen atoms in total. The Morgan fingerprint density at radius 2 is 1.60 bits per heavy atom. The first-order valence-corrected chi connectivity index (χ1v) is 17.2. The van der Waals surface area contributed by atoms with E-state index in [0.717, 1.165) is 0 Å². The first kappa shape index (κ1) is 33.8. The van der Waals surface area contributed by atoms with Crippen LogP contribution in [0.1, 0.15) is 50.4 Å². The van der Waals surface area contributed by atoms with E-state index < -0.39 is 47.3 Å². The molecule has 45 heavy (non-hydrogen) atoms. The van der Waals surface area contributed by atoms with E-state index in [1.165, 1.54) is 23.1 Å². The van der Waals surface area contributed by atoms with Crippen LogP contribution < -0.4 is 10.7 Å². The lowest BCUT2D eigenvalue weighted by molar-refractivity contribution is -0.118. The van der Waals surface area contributed by atoms with Crippen LogP contribution in [0.3, 0.4) is 0 Å². The number of hydrogen-bond donors (Lipinski definition) is 3. The zero-order valence-corrected chi connectivity index (χ0v) is 27.0. The molecule has 0 unspecified atom stereocenters. The number of ketones is 1. The maximum atomic E-state index is 13.8. The third-order valence-corrected chi connectivity index (χ3v) is 9.11. The van der Waals surface area contributed by atoms with Gasteiger partial charge in [0.05, 0.1) is 11.0 Å². The second-order valence-corrected chi connectivity index (χ2v) is 13.0. The number of nitrogens with zero attached hydrogens (tertiary/aromatic N) is 2. The topological polar surface area (TPSA) is 184 Å². The van der Waals surface area contributed by atoms with E-state index in [-0.39, 0.29) is 58.5 Å². The Bertz CT molecular complexity index is 2040. The Morgan fingerprint density at radius 3 is 2.22 bits per heavy atom. The van der Waals surface area contributed by atoms with Crippen molar-refractivity contribution in [3.8, 4) is 22.5 Å². The van der Waals surface area contributed by atoms with Crippen molar-refractivity contribution in [3.05, 3.63) is 59.5 Å². The van der Waals surface area contributed by atoms with Gasteiger partial charge in [-0.3, -0.25) is 23.7 Å². The van der Waals surface area contributed by atoms with E-state index in [1.807, 2.05) is 0 Å². The monoisotopic (exact) mass is 657 g/mol. The van der Waals surface area contributed by atoms with E-state index >= 15 is 0 Å². The van der Waals surface area contributed by atoms with Crippen LogP contribution in [0.25, 0.3) is 33.4 Å². The number of anilines is 1. The van der Waals surface area contributed by atoms with Crippen molar-refractivity contribution in [2.45, 2.75) is 49.8 Å². The lowest BCUT2D eigenvalue weighted by Gasteiger charge is -2.23. The number of benzene rings is 3. The van der Waals surface area contributed by atoms with E-state index in [4.69, 9.17) is 4.42 Å². The normalized spacial score (nSPS) is 12.5. The Hall–Kier alpha value is -4.11. The minimum atomic E-state index is -5.00. The second kappa shape index (κ2) is 13.5. The maximum Gasteiger partial charge on any atom is 0.300 e. The largest absolute Gasteiger partial charge is 0.453 e. The Balaban J connectivity index is 2.15. The summed E-state index contributed by atoms with van der Waals surface area (Å²) in [5, 5.41) is 2.89. The number of carbonyl (C=O) groups excluding carboxylic acids is 2. The molecule has 0 saturated carbocycles. The van der Waals surface area contributed by atoms with Crippen molar-refractivity contribution in [1.82, 2.24) is 4.90 Å². The molecule has 2 aromatic rings. The SMILES string of the molecule is CC/N=c1\ccc2c(-c3ccccc3C(=O)N(C)CCCC(=O)CC)c3ccc(NCC)c(S(=O)(=O)O)c3oc-2c1S(=O)(=O)O. The average Bonchev–Trinajstić information content (AvgIpc) is 2.98. The van der Waals surface area contributed by atoms with Crippen LogP contribution in [0.15, 0.2) is 67.7 Å². The van der Waals surface area contributed by atoms with Gasteiger partial charge in [-0.1, -0.05) is 25.1 Å². The van der Waals surface area contributed by atoms with Crippen molar-refractivity contribution in [2.24, 2.45) is 4.99 Å². The van der Waals surface area contributed by atoms with Gasteiger partial charge in [-0.15, -0.1) is 0 Å². The summed E-state index contributed by atoms with van der Waals surface area (Å²) in [6.45, 7) is 5.87. The van der Waals surface area contributed by atoms with Gasteiger partial charge in [0.15, 0.2) is 21.1 Å². The molecule has 0 radical (unpaired) electrons. The molecule has 2 aromatic carbocycles. The molecular weight excluding hydrogens is 622 g/mol. The van der Waals surface area contributed by atoms with E-state index in [0.29, 0.717) is 24.8 Å². The Labute approximate surface area is 261 Å². The van der Waals surface area contributed by atoms with Crippen LogP contribution in [0.4, 0.5) is 5.69 Å². The van der Waals surface area contributed by atoms with Gasteiger partial charge in [-0.25, -0.2) is 0 Å². The molecule has 0 saturated heterocycles. The summed E-state index contributed by atoms with van der Waals surface area (Å²) in [5.74, 6) is -0.733. The highest BCUT2D eigenvalue weighted by molar-refractivity contribution is 7.86. The van der Waals surface area contributed by atoms with Gasteiger partial charge in [0.1, 0.15) is 5.78 Å². The lowest BCUT2D eigenvalue weighted by Crippen LogP contribution is -2.28. The highest BCUT2D eigenvalue weighted by atomic mass is 32.2. The quantitative estimate of drug-likeness (QED) is 0.140. The van der Waals surface area contributed by atoms with Crippen molar-refractivity contribution < 1.29 is 39.9 Å². The number of rotatable bonds is 12. The van der Waals surface area contributed by atoms with Crippen molar-refractivity contribution in [1.29, 1.82) is 0 Å². The van der Waals surface area contributed by atoms with Crippen LogP contribution in [0, 0.1) is 0 Å². The molecule has 2 aliphatic rings. The van der Waals surface area contributed by atoms with Gasteiger partial charge in [0.2, 0.25) is 0 Å². The van der Waals surface area contributed by atoms with Gasteiger partial charge in [-0.05, 0) is 56.2 Å². The van der Waals surface area contributed by atoms with E-state index in [9.17, 15) is 35.5 Å². The van der Waals surface area contributed by atoms with Crippen LogP contribution in [-0.2, 0) is 25.0 Å². The summed E-state index contributed by atoms with van der Waals surface area (Å²) in [4.78, 5) is 29.9. The summed E-state index contributed by atoms with van der Waals surface area (Å²) >= 11 is 0. The second-order valence-electron chi connectivity index (χ2n) is 10.3.